The summed E-state index contributed by atoms with van der Waals surface area (Å²) in [5, 5.41) is 37.6. The third kappa shape index (κ3) is 1.76. The molecule has 0 fully saturated rings. The number of hydrogen-bond donors (Lipinski definition) is 4. The molecule has 0 bridgehead atoms. The molecule has 0 atom stereocenters. The summed E-state index contributed by atoms with van der Waals surface area (Å²) in [4.78, 5) is 0. The molecule has 0 aliphatic heterocycles. The van der Waals surface area contributed by atoms with E-state index in [0.717, 1.165) is 0 Å². The van der Waals surface area contributed by atoms with Crippen LogP contribution in [-0.2, 0) is 0 Å². The molecule has 4 nitrogen and oxygen atoms in total. The molecule has 1 heterocycles. The summed E-state index contributed by atoms with van der Waals surface area (Å²) in [5.41, 5.74) is 0.287. The maximum absolute atomic E-state index is 8.68. The number of hydrogen-bond acceptors (Lipinski definition) is 5. The molecule has 0 amide bonds. The molecule has 11 heavy (non-hydrogen) atoms. The third-order valence-corrected chi connectivity index (χ3v) is 2.06. The second-order valence-electron chi connectivity index (χ2n) is 2.03. The van der Waals surface area contributed by atoms with Crippen LogP contribution >= 0.6 is 11.3 Å². The van der Waals surface area contributed by atoms with Crippen molar-refractivity contribution in [2.24, 2.45) is 0 Å². The second-order valence-corrected chi connectivity index (χ2v) is 2.77. The molecule has 0 aliphatic rings. The molecule has 0 aliphatic carbocycles. The van der Waals surface area contributed by atoms with E-state index in [9.17, 15) is 0 Å². The summed E-state index contributed by atoms with van der Waals surface area (Å²) in [6.45, 7) is 0. The topological polar surface area (TPSA) is 80.9 Å². The average Bonchev–Trinajstić information content (AvgIpc) is 2.32. The predicted molar refractivity (Wildman–Crippen MR) is 38.7 cm³/mol. The molecule has 0 saturated heterocycles. The molecule has 0 unspecified atom stereocenters. The normalized spacial score (nSPS) is 11.5. The highest BCUT2D eigenvalue weighted by atomic mass is 32.1. The molecule has 62 valence electrons. The van der Waals surface area contributed by atoms with Crippen LogP contribution in [0, 0.1) is 0 Å². The molecule has 0 radical (unpaired) electrons. The molecule has 5 heteroatoms. The fourth-order valence-corrected chi connectivity index (χ4v) is 1.61. The van der Waals surface area contributed by atoms with E-state index in [2.05, 4.69) is 0 Å². The van der Waals surface area contributed by atoms with Crippen molar-refractivity contribution in [1.82, 2.24) is 0 Å². The molecular weight excluding hydrogens is 168 g/mol. The van der Waals surface area contributed by atoms with E-state index in [-0.39, 0.29) is 11.1 Å². The van der Waals surface area contributed by atoms with Gasteiger partial charge in [0.25, 0.3) is 0 Å². The lowest BCUT2D eigenvalue weighted by Gasteiger charge is -2.06. The van der Waals surface area contributed by atoms with Crippen molar-refractivity contribution in [2.45, 2.75) is 12.6 Å². The number of aliphatic hydroxyl groups excluding tert-OH is 2. The molecule has 0 spiro atoms. The lowest BCUT2D eigenvalue weighted by molar-refractivity contribution is -0.0628. The number of rotatable bonds is 2. The second kappa shape index (κ2) is 3.29. The molecule has 1 aromatic rings. The van der Waals surface area contributed by atoms with Gasteiger partial charge in [-0.15, -0.1) is 0 Å². The minimum atomic E-state index is -1.64. The van der Waals surface area contributed by atoms with E-state index in [1.807, 2.05) is 0 Å². The summed E-state index contributed by atoms with van der Waals surface area (Å²) in [6, 6.07) is 0. The highest BCUT2D eigenvalue weighted by Gasteiger charge is 2.14. The van der Waals surface area contributed by atoms with Gasteiger partial charge in [0.15, 0.2) is 12.6 Å². The third-order valence-electron chi connectivity index (χ3n) is 1.28. The Hall–Kier alpha value is -0.460. The van der Waals surface area contributed by atoms with Crippen LogP contribution in [0.5, 0.6) is 0 Å². The Morgan fingerprint density at radius 2 is 1.27 bits per heavy atom. The summed E-state index contributed by atoms with van der Waals surface area (Å²) in [5.74, 6) is 0. The Morgan fingerprint density at radius 1 is 0.909 bits per heavy atom. The van der Waals surface area contributed by atoms with Crippen LogP contribution < -0.4 is 0 Å². The van der Waals surface area contributed by atoms with Crippen molar-refractivity contribution in [3.05, 3.63) is 21.9 Å². The molecule has 1 aromatic heterocycles. The zero-order chi connectivity index (χ0) is 8.43. The van der Waals surface area contributed by atoms with Crippen LogP contribution in [0.3, 0.4) is 0 Å². The van der Waals surface area contributed by atoms with Gasteiger partial charge in [0.1, 0.15) is 0 Å². The maximum atomic E-state index is 8.68. The first-order valence-corrected chi connectivity index (χ1v) is 3.85. The monoisotopic (exact) mass is 176 g/mol. The van der Waals surface area contributed by atoms with Crippen molar-refractivity contribution in [2.75, 3.05) is 0 Å². The van der Waals surface area contributed by atoms with Gasteiger partial charge in [-0.2, -0.15) is 11.3 Å². The van der Waals surface area contributed by atoms with E-state index >= 15 is 0 Å². The zero-order valence-electron chi connectivity index (χ0n) is 5.51. The van der Waals surface area contributed by atoms with Gasteiger partial charge in [-0.1, -0.05) is 0 Å². The molecule has 1 rings (SSSR count). The van der Waals surface area contributed by atoms with Crippen molar-refractivity contribution in [3.63, 3.8) is 0 Å². The minimum Gasteiger partial charge on any atom is -0.364 e. The van der Waals surface area contributed by atoms with Crippen molar-refractivity contribution < 1.29 is 20.4 Å². The Morgan fingerprint density at radius 3 is 1.55 bits per heavy atom. The van der Waals surface area contributed by atoms with Gasteiger partial charge in [0.2, 0.25) is 0 Å². The smallest absolute Gasteiger partial charge is 0.179 e. The lowest BCUT2D eigenvalue weighted by atomic mass is 10.2. The zero-order valence-corrected chi connectivity index (χ0v) is 6.32. The van der Waals surface area contributed by atoms with Crippen LogP contribution in [0.4, 0.5) is 0 Å². The first-order valence-electron chi connectivity index (χ1n) is 2.91. The summed E-state index contributed by atoms with van der Waals surface area (Å²) in [7, 11) is 0. The average molecular weight is 176 g/mol. The van der Waals surface area contributed by atoms with E-state index < -0.39 is 12.6 Å². The van der Waals surface area contributed by atoms with Gasteiger partial charge in [-0.3, -0.25) is 0 Å². The van der Waals surface area contributed by atoms with Crippen LogP contribution in [0.2, 0.25) is 0 Å². The van der Waals surface area contributed by atoms with Crippen LogP contribution in [0.25, 0.3) is 0 Å². The summed E-state index contributed by atoms with van der Waals surface area (Å²) >= 11 is 1.18. The Bertz CT molecular complexity index is 208. The highest BCUT2D eigenvalue weighted by Crippen LogP contribution is 2.24. The van der Waals surface area contributed by atoms with Crippen molar-refractivity contribution in [1.29, 1.82) is 0 Å². The Balaban J connectivity index is 2.96. The van der Waals surface area contributed by atoms with Gasteiger partial charge in [0.05, 0.1) is 0 Å². The van der Waals surface area contributed by atoms with Gasteiger partial charge < -0.3 is 20.4 Å². The molecule has 4 N–H and O–H groups in total. The molecule has 0 saturated carbocycles. The lowest BCUT2D eigenvalue weighted by Crippen LogP contribution is -2.01. The van der Waals surface area contributed by atoms with E-state index in [0.29, 0.717) is 0 Å². The van der Waals surface area contributed by atoms with E-state index in [1.165, 1.54) is 22.1 Å². The van der Waals surface area contributed by atoms with Gasteiger partial charge in [-0.05, 0) is 10.8 Å². The minimum absolute atomic E-state index is 0.144. The summed E-state index contributed by atoms with van der Waals surface area (Å²) < 4.78 is 0. The van der Waals surface area contributed by atoms with Crippen LogP contribution in [0.15, 0.2) is 10.8 Å². The quantitative estimate of drug-likeness (QED) is 0.467. The first-order chi connectivity index (χ1) is 5.13. The van der Waals surface area contributed by atoms with Crippen LogP contribution in [-0.4, -0.2) is 20.4 Å². The van der Waals surface area contributed by atoms with Gasteiger partial charge in [0, 0.05) is 11.1 Å². The maximum Gasteiger partial charge on any atom is 0.179 e. The molecule has 0 aromatic carbocycles. The van der Waals surface area contributed by atoms with Crippen molar-refractivity contribution >= 4 is 11.3 Å². The van der Waals surface area contributed by atoms with E-state index in [4.69, 9.17) is 20.4 Å². The van der Waals surface area contributed by atoms with Gasteiger partial charge >= 0.3 is 0 Å². The molecular formula is C6H8O4S. The first kappa shape index (κ1) is 8.63. The largest absolute Gasteiger partial charge is 0.364 e. The Kier molecular flexibility index (Phi) is 2.58. The number of thiophene rings is 1. The SMILES string of the molecule is OC(O)c1cscc1C(O)O. The van der Waals surface area contributed by atoms with Crippen LogP contribution in [0.1, 0.15) is 23.7 Å². The number of aliphatic hydroxyl groups is 4. The van der Waals surface area contributed by atoms with Gasteiger partial charge in [-0.25, -0.2) is 0 Å². The fraction of sp³-hybridized carbons (Fsp3) is 0.333. The highest BCUT2D eigenvalue weighted by molar-refractivity contribution is 7.08. The standard InChI is InChI=1S/C6H8O4S/c7-5(8)3-1-11-2-4(3)6(9)10/h1-2,5-10H. The van der Waals surface area contributed by atoms with E-state index in [1.54, 1.807) is 0 Å². The fourth-order valence-electron chi connectivity index (χ4n) is 0.737. The predicted octanol–water partition coefficient (Wildman–Crippen LogP) is -0.285. The summed E-state index contributed by atoms with van der Waals surface area (Å²) in [6.07, 6.45) is -3.28. The Labute approximate surface area is 67.0 Å². The van der Waals surface area contributed by atoms with Crippen molar-refractivity contribution in [3.8, 4) is 0 Å².